The molecular weight excluding hydrogens is 350 g/mol. The molecule has 26 heavy (non-hydrogen) atoms. The van der Waals surface area contributed by atoms with Crippen molar-refractivity contribution in [1.82, 2.24) is 25.1 Å². The molecule has 1 aromatic carbocycles. The number of piperazine rings is 1. The topological polar surface area (TPSA) is 87.2 Å². The minimum Gasteiger partial charge on any atom is -0.353 e. The first-order chi connectivity index (χ1) is 12.5. The predicted molar refractivity (Wildman–Crippen MR) is 99.5 cm³/mol. The van der Waals surface area contributed by atoms with Crippen molar-refractivity contribution in [3.8, 4) is 0 Å². The van der Waals surface area contributed by atoms with Gasteiger partial charge in [0.15, 0.2) is 0 Å². The normalized spacial score (nSPS) is 17.8. The van der Waals surface area contributed by atoms with Gasteiger partial charge in [-0.1, -0.05) is 28.8 Å². The second kappa shape index (κ2) is 8.37. The van der Waals surface area contributed by atoms with Crippen molar-refractivity contribution in [2.45, 2.75) is 39.4 Å². The molecule has 1 saturated heterocycles. The first-order valence-electron chi connectivity index (χ1n) is 8.65. The number of rotatable bonds is 6. The molecule has 0 saturated carbocycles. The van der Waals surface area contributed by atoms with Gasteiger partial charge in [0.25, 0.3) is 0 Å². The van der Waals surface area contributed by atoms with Gasteiger partial charge in [-0.05, 0) is 36.5 Å². The van der Waals surface area contributed by atoms with Crippen LogP contribution in [-0.4, -0.2) is 45.4 Å². The molecule has 0 unspecified atom stereocenters. The fraction of sp³-hybridized carbons (Fsp3) is 0.444. The smallest absolute Gasteiger partial charge is 0.237 e. The van der Waals surface area contributed by atoms with E-state index in [4.69, 9.17) is 0 Å². The highest BCUT2D eigenvalue weighted by Crippen LogP contribution is 2.16. The van der Waals surface area contributed by atoms with E-state index in [9.17, 15) is 9.59 Å². The number of nitrogens with zero attached hydrogens (tertiary/aromatic N) is 3. The van der Waals surface area contributed by atoms with Crippen LogP contribution in [0.2, 0.25) is 0 Å². The van der Waals surface area contributed by atoms with Crippen molar-refractivity contribution in [2.75, 3.05) is 13.1 Å². The zero-order valence-electron chi connectivity index (χ0n) is 15.0. The van der Waals surface area contributed by atoms with Crippen molar-refractivity contribution in [2.24, 2.45) is 0 Å². The van der Waals surface area contributed by atoms with Crippen LogP contribution in [0.1, 0.15) is 28.1 Å². The van der Waals surface area contributed by atoms with Crippen LogP contribution in [0.15, 0.2) is 24.3 Å². The van der Waals surface area contributed by atoms with Crippen molar-refractivity contribution in [1.29, 1.82) is 0 Å². The molecule has 0 spiro atoms. The van der Waals surface area contributed by atoms with Crippen molar-refractivity contribution in [3.05, 3.63) is 46.0 Å². The van der Waals surface area contributed by atoms with E-state index >= 15 is 0 Å². The van der Waals surface area contributed by atoms with Gasteiger partial charge in [0.05, 0.1) is 29.6 Å². The number of aromatic nitrogens is 2. The Hall–Kier alpha value is -2.32. The minimum atomic E-state index is -0.455. The van der Waals surface area contributed by atoms with Crippen molar-refractivity contribution >= 4 is 23.3 Å². The van der Waals surface area contributed by atoms with Crippen LogP contribution in [0.3, 0.4) is 0 Å². The standard InChI is InChI=1S/C18H23N5O2S/c1-12-5-3-4-6-14(12)11-23-8-7-19-18(25)15(23)9-17(24)20-10-16-13(2)21-22-26-16/h3-6,15H,7-11H2,1-2H3,(H,19,25)(H,20,24)/t15-/m1/s1. The maximum atomic E-state index is 12.4. The number of benzene rings is 1. The van der Waals surface area contributed by atoms with Gasteiger partial charge in [0.1, 0.15) is 0 Å². The zero-order chi connectivity index (χ0) is 18.5. The summed E-state index contributed by atoms with van der Waals surface area (Å²) in [4.78, 5) is 27.7. The van der Waals surface area contributed by atoms with Gasteiger partial charge in [-0.3, -0.25) is 14.5 Å². The Labute approximate surface area is 157 Å². The Morgan fingerprint density at radius 1 is 1.38 bits per heavy atom. The molecule has 1 fully saturated rings. The lowest BCUT2D eigenvalue weighted by Crippen LogP contribution is -2.56. The van der Waals surface area contributed by atoms with E-state index in [-0.39, 0.29) is 18.2 Å². The third-order valence-electron chi connectivity index (χ3n) is 4.65. The second-order valence-corrected chi connectivity index (χ2v) is 7.30. The molecule has 2 N–H and O–H groups in total. The lowest BCUT2D eigenvalue weighted by atomic mass is 10.0. The van der Waals surface area contributed by atoms with Crippen molar-refractivity contribution in [3.63, 3.8) is 0 Å². The molecule has 1 aliphatic rings. The molecule has 0 radical (unpaired) electrons. The van der Waals surface area contributed by atoms with Crippen LogP contribution in [0, 0.1) is 13.8 Å². The number of hydrogen-bond donors (Lipinski definition) is 2. The molecule has 1 atom stereocenters. The quantitative estimate of drug-likeness (QED) is 0.793. The van der Waals surface area contributed by atoms with E-state index in [0.717, 1.165) is 17.1 Å². The second-order valence-electron chi connectivity index (χ2n) is 6.47. The average molecular weight is 373 g/mol. The van der Waals surface area contributed by atoms with Crippen LogP contribution in [0.25, 0.3) is 0 Å². The highest BCUT2D eigenvalue weighted by Gasteiger charge is 2.31. The Morgan fingerprint density at radius 2 is 2.19 bits per heavy atom. The van der Waals surface area contributed by atoms with Gasteiger partial charge in [0.2, 0.25) is 11.8 Å². The lowest BCUT2D eigenvalue weighted by molar-refractivity contribution is -0.134. The molecular formula is C18H23N5O2S. The summed E-state index contributed by atoms with van der Waals surface area (Å²) < 4.78 is 3.86. The number of hydrogen-bond acceptors (Lipinski definition) is 6. The summed E-state index contributed by atoms with van der Waals surface area (Å²) in [6, 6.07) is 7.68. The van der Waals surface area contributed by atoms with Crippen LogP contribution < -0.4 is 10.6 Å². The van der Waals surface area contributed by atoms with Gasteiger partial charge in [-0.2, -0.15) is 0 Å². The SMILES string of the molecule is Cc1ccccc1CN1CCNC(=O)[C@H]1CC(=O)NCc1snnc1C. The van der Waals surface area contributed by atoms with Crippen molar-refractivity contribution < 1.29 is 9.59 Å². The van der Waals surface area contributed by atoms with Gasteiger partial charge in [-0.25, -0.2) is 0 Å². The molecule has 2 heterocycles. The number of aryl methyl sites for hydroxylation is 2. The lowest BCUT2D eigenvalue weighted by Gasteiger charge is -2.35. The number of amides is 2. The summed E-state index contributed by atoms with van der Waals surface area (Å²) in [7, 11) is 0. The fourth-order valence-corrected chi connectivity index (χ4v) is 3.59. The highest BCUT2D eigenvalue weighted by molar-refractivity contribution is 7.05. The maximum Gasteiger partial charge on any atom is 0.237 e. The molecule has 8 heteroatoms. The number of carbonyl (C=O) groups excluding carboxylic acids is 2. The van der Waals surface area contributed by atoms with Gasteiger partial charge in [-0.15, -0.1) is 5.10 Å². The van der Waals surface area contributed by atoms with Gasteiger partial charge < -0.3 is 10.6 Å². The molecule has 0 bridgehead atoms. The summed E-state index contributed by atoms with van der Waals surface area (Å²) in [5.74, 6) is -0.231. The largest absolute Gasteiger partial charge is 0.353 e. The number of nitrogens with one attached hydrogen (secondary N) is 2. The van der Waals surface area contributed by atoms with E-state index in [0.29, 0.717) is 19.6 Å². The monoisotopic (exact) mass is 373 g/mol. The molecule has 7 nitrogen and oxygen atoms in total. The van der Waals surface area contributed by atoms with E-state index in [2.05, 4.69) is 44.2 Å². The van der Waals surface area contributed by atoms with E-state index in [1.165, 1.54) is 22.7 Å². The van der Waals surface area contributed by atoms with Gasteiger partial charge >= 0.3 is 0 Å². The Bertz CT molecular complexity index is 791. The zero-order valence-corrected chi connectivity index (χ0v) is 15.8. The summed E-state index contributed by atoms with van der Waals surface area (Å²) in [5.41, 5.74) is 3.20. The summed E-state index contributed by atoms with van der Waals surface area (Å²) in [6.07, 6.45) is 0.142. The van der Waals surface area contributed by atoms with Crippen LogP contribution in [-0.2, 0) is 22.7 Å². The molecule has 2 aromatic rings. The fourth-order valence-electron chi connectivity index (χ4n) is 3.02. The molecule has 1 aliphatic heterocycles. The molecule has 2 amide bonds. The highest BCUT2D eigenvalue weighted by atomic mass is 32.1. The molecule has 138 valence electrons. The Morgan fingerprint density at radius 3 is 2.92 bits per heavy atom. The first-order valence-corrected chi connectivity index (χ1v) is 9.42. The summed E-state index contributed by atoms with van der Waals surface area (Å²) in [6.45, 7) is 6.32. The summed E-state index contributed by atoms with van der Waals surface area (Å²) >= 11 is 1.28. The minimum absolute atomic E-state index is 0.0874. The molecule has 1 aromatic heterocycles. The van der Waals surface area contributed by atoms with Crippen LogP contribution >= 0.6 is 11.5 Å². The van der Waals surface area contributed by atoms with Gasteiger partial charge in [0, 0.05) is 19.6 Å². The van der Waals surface area contributed by atoms with Crippen LogP contribution in [0.5, 0.6) is 0 Å². The number of carbonyl (C=O) groups is 2. The predicted octanol–water partition coefficient (Wildman–Crippen LogP) is 1.16. The summed E-state index contributed by atoms with van der Waals surface area (Å²) in [5, 5.41) is 9.68. The maximum absolute atomic E-state index is 12.4. The Balaban J connectivity index is 1.62. The third-order valence-corrected chi connectivity index (χ3v) is 5.47. The van der Waals surface area contributed by atoms with E-state index in [1.807, 2.05) is 19.1 Å². The van der Waals surface area contributed by atoms with E-state index < -0.39 is 6.04 Å². The molecule has 3 rings (SSSR count). The van der Waals surface area contributed by atoms with Crippen LogP contribution in [0.4, 0.5) is 0 Å². The van der Waals surface area contributed by atoms with E-state index in [1.54, 1.807) is 0 Å². The average Bonchev–Trinajstić information content (AvgIpc) is 3.03. The molecule has 0 aliphatic carbocycles. The first kappa shape index (κ1) is 18.5. The Kier molecular flexibility index (Phi) is 5.95. The third kappa shape index (κ3) is 4.44.